The molecule has 1 amide bonds. The third-order valence-electron chi connectivity index (χ3n) is 3.67. The lowest BCUT2D eigenvalue weighted by Gasteiger charge is -2.32. The van der Waals surface area contributed by atoms with Crippen LogP contribution in [-0.4, -0.2) is 48.2 Å². The van der Waals surface area contributed by atoms with Crippen LogP contribution in [0.2, 0.25) is 0 Å². The van der Waals surface area contributed by atoms with Gasteiger partial charge in [-0.1, -0.05) is 6.07 Å². The highest BCUT2D eigenvalue weighted by Gasteiger charge is 2.21. The van der Waals surface area contributed by atoms with E-state index in [9.17, 15) is 13.6 Å². The molecule has 1 aliphatic heterocycles. The van der Waals surface area contributed by atoms with E-state index < -0.39 is 11.6 Å². The topological polar surface area (TPSA) is 52.6 Å². The predicted molar refractivity (Wildman–Crippen MR) is 80.1 cm³/mol. The fraction of sp³-hybridized carbons (Fsp3) is 0.438. The average molecular weight is 310 g/mol. The SMILES string of the molecule is O=C(/C=C/c1c(F)cccc1F)N1CCC[C@@H](NCCO)C1. The molecule has 0 aromatic heterocycles. The molecular formula is C16H20F2N2O2. The summed E-state index contributed by atoms with van der Waals surface area (Å²) < 4.78 is 27.0. The maximum absolute atomic E-state index is 13.5. The molecule has 2 N–H and O–H groups in total. The zero-order valence-corrected chi connectivity index (χ0v) is 12.3. The molecule has 0 aliphatic carbocycles. The van der Waals surface area contributed by atoms with Crippen LogP contribution in [0, 0.1) is 11.6 Å². The monoisotopic (exact) mass is 310 g/mol. The molecule has 1 fully saturated rings. The number of piperidine rings is 1. The van der Waals surface area contributed by atoms with E-state index in [-0.39, 0.29) is 24.1 Å². The van der Waals surface area contributed by atoms with Gasteiger partial charge in [0, 0.05) is 37.3 Å². The van der Waals surface area contributed by atoms with Crippen molar-refractivity contribution in [2.45, 2.75) is 18.9 Å². The molecule has 1 aliphatic rings. The number of aliphatic hydroxyl groups is 1. The maximum Gasteiger partial charge on any atom is 0.246 e. The van der Waals surface area contributed by atoms with Crippen LogP contribution in [0.4, 0.5) is 8.78 Å². The van der Waals surface area contributed by atoms with Gasteiger partial charge < -0.3 is 15.3 Å². The van der Waals surface area contributed by atoms with Crippen molar-refractivity contribution in [1.29, 1.82) is 0 Å². The molecule has 0 saturated carbocycles. The minimum Gasteiger partial charge on any atom is -0.395 e. The van der Waals surface area contributed by atoms with E-state index in [0.717, 1.165) is 25.0 Å². The molecule has 4 nitrogen and oxygen atoms in total. The Morgan fingerprint density at radius 2 is 2.14 bits per heavy atom. The molecule has 1 heterocycles. The summed E-state index contributed by atoms with van der Waals surface area (Å²) in [4.78, 5) is 13.8. The number of halogens is 2. The highest BCUT2D eigenvalue weighted by molar-refractivity contribution is 5.91. The molecular weight excluding hydrogens is 290 g/mol. The zero-order chi connectivity index (χ0) is 15.9. The Kier molecular flexibility index (Phi) is 6.03. The van der Waals surface area contributed by atoms with Gasteiger partial charge in [0.25, 0.3) is 0 Å². The van der Waals surface area contributed by atoms with Crippen molar-refractivity contribution in [2.24, 2.45) is 0 Å². The standard InChI is InChI=1S/C16H20F2N2O2/c17-14-4-1-5-15(18)13(14)6-7-16(22)20-9-2-3-12(11-20)19-8-10-21/h1,4-7,12,19,21H,2-3,8-11H2/b7-6+/t12-/m1/s1. The zero-order valence-electron chi connectivity index (χ0n) is 12.3. The largest absolute Gasteiger partial charge is 0.395 e. The highest BCUT2D eigenvalue weighted by atomic mass is 19.1. The number of carbonyl (C=O) groups excluding carboxylic acids is 1. The van der Waals surface area contributed by atoms with Crippen molar-refractivity contribution in [3.05, 3.63) is 41.5 Å². The second-order valence-corrected chi connectivity index (χ2v) is 5.27. The van der Waals surface area contributed by atoms with Crippen LogP contribution in [0.5, 0.6) is 0 Å². The molecule has 22 heavy (non-hydrogen) atoms. The van der Waals surface area contributed by atoms with Crippen LogP contribution in [0.3, 0.4) is 0 Å². The van der Waals surface area contributed by atoms with E-state index in [0.29, 0.717) is 19.6 Å². The third kappa shape index (κ3) is 4.35. The summed E-state index contributed by atoms with van der Waals surface area (Å²) >= 11 is 0. The summed E-state index contributed by atoms with van der Waals surface area (Å²) in [6.07, 6.45) is 4.18. The van der Waals surface area contributed by atoms with Crippen molar-refractivity contribution in [1.82, 2.24) is 10.2 Å². The minimum atomic E-state index is -0.690. The van der Waals surface area contributed by atoms with Crippen molar-refractivity contribution in [2.75, 3.05) is 26.2 Å². The molecule has 0 spiro atoms. The van der Waals surface area contributed by atoms with E-state index >= 15 is 0 Å². The summed E-state index contributed by atoms with van der Waals surface area (Å²) in [6.45, 7) is 1.70. The second-order valence-electron chi connectivity index (χ2n) is 5.27. The third-order valence-corrected chi connectivity index (χ3v) is 3.67. The lowest BCUT2D eigenvalue weighted by molar-refractivity contribution is -0.127. The highest BCUT2D eigenvalue weighted by Crippen LogP contribution is 2.15. The van der Waals surface area contributed by atoms with Crippen LogP contribution < -0.4 is 5.32 Å². The lowest BCUT2D eigenvalue weighted by Crippen LogP contribution is -2.48. The first-order chi connectivity index (χ1) is 10.6. The molecule has 0 unspecified atom stereocenters. The summed E-state index contributed by atoms with van der Waals surface area (Å²) in [5, 5.41) is 12.0. The smallest absolute Gasteiger partial charge is 0.246 e. The molecule has 1 saturated heterocycles. The van der Waals surface area contributed by atoms with Crippen molar-refractivity contribution in [3.8, 4) is 0 Å². The normalized spacial score (nSPS) is 18.9. The van der Waals surface area contributed by atoms with Gasteiger partial charge in [-0.2, -0.15) is 0 Å². The number of rotatable bonds is 5. The fourth-order valence-corrected chi connectivity index (χ4v) is 2.54. The van der Waals surface area contributed by atoms with Gasteiger partial charge in [-0.05, 0) is 31.1 Å². The number of nitrogens with zero attached hydrogens (tertiary/aromatic N) is 1. The van der Waals surface area contributed by atoms with Gasteiger partial charge in [0.05, 0.1) is 6.61 Å². The quantitative estimate of drug-likeness (QED) is 0.812. The summed E-state index contributed by atoms with van der Waals surface area (Å²) in [6, 6.07) is 3.74. The number of hydrogen-bond donors (Lipinski definition) is 2. The van der Waals surface area contributed by atoms with Gasteiger partial charge >= 0.3 is 0 Å². The van der Waals surface area contributed by atoms with Gasteiger partial charge in [-0.25, -0.2) is 8.78 Å². The van der Waals surface area contributed by atoms with Crippen molar-refractivity contribution in [3.63, 3.8) is 0 Å². The first-order valence-electron chi connectivity index (χ1n) is 7.37. The summed E-state index contributed by atoms with van der Waals surface area (Å²) in [5.74, 6) is -1.64. The Hall–Kier alpha value is -1.79. The van der Waals surface area contributed by atoms with Crippen molar-refractivity contribution < 1.29 is 18.7 Å². The molecule has 0 bridgehead atoms. The van der Waals surface area contributed by atoms with E-state index in [1.165, 1.54) is 18.2 Å². The Bertz CT molecular complexity index is 529. The summed E-state index contributed by atoms with van der Waals surface area (Å²) in [7, 11) is 0. The van der Waals surface area contributed by atoms with E-state index in [2.05, 4.69) is 5.32 Å². The Labute approximate surface area is 128 Å². The van der Waals surface area contributed by atoms with Crippen LogP contribution in [0.15, 0.2) is 24.3 Å². The molecule has 120 valence electrons. The number of hydrogen-bond acceptors (Lipinski definition) is 3. The lowest BCUT2D eigenvalue weighted by atomic mass is 10.1. The Balaban J connectivity index is 1.98. The number of likely N-dealkylation sites (tertiary alicyclic amines) is 1. The van der Waals surface area contributed by atoms with Crippen LogP contribution in [0.1, 0.15) is 18.4 Å². The number of amides is 1. The molecule has 1 aromatic rings. The van der Waals surface area contributed by atoms with Gasteiger partial charge in [0.1, 0.15) is 11.6 Å². The summed E-state index contributed by atoms with van der Waals surface area (Å²) in [5.41, 5.74) is -0.206. The molecule has 2 rings (SSSR count). The first-order valence-corrected chi connectivity index (χ1v) is 7.37. The molecule has 1 aromatic carbocycles. The number of benzene rings is 1. The van der Waals surface area contributed by atoms with Gasteiger partial charge in [0.2, 0.25) is 5.91 Å². The van der Waals surface area contributed by atoms with Gasteiger partial charge in [-0.3, -0.25) is 4.79 Å². The maximum atomic E-state index is 13.5. The van der Waals surface area contributed by atoms with E-state index in [1.807, 2.05) is 0 Å². The average Bonchev–Trinajstić information content (AvgIpc) is 2.52. The van der Waals surface area contributed by atoms with Gasteiger partial charge in [0.15, 0.2) is 0 Å². The number of nitrogens with one attached hydrogen (secondary N) is 1. The number of carbonyl (C=O) groups is 1. The van der Waals surface area contributed by atoms with Gasteiger partial charge in [-0.15, -0.1) is 0 Å². The number of aliphatic hydroxyl groups excluding tert-OH is 1. The van der Waals surface area contributed by atoms with Crippen LogP contribution in [-0.2, 0) is 4.79 Å². The second kappa shape index (κ2) is 8.00. The first kappa shape index (κ1) is 16.6. The minimum absolute atomic E-state index is 0.0525. The Morgan fingerprint density at radius 1 is 1.41 bits per heavy atom. The van der Waals surface area contributed by atoms with Crippen molar-refractivity contribution >= 4 is 12.0 Å². The van der Waals surface area contributed by atoms with E-state index in [1.54, 1.807) is 4.90 Å². The Morgan fingerprint density at radius 3 is 2.82 bits per heavy atom. The van der Waals surface area contributed by atoms with Crippen LogP contribution in [0.25, 0.3) is 6.08 Å². The molecule has 1 atom stereocenters. The predicted octanol–water partition coefficient (Wildman–Crippen LogP) is 1.55. The molecule has 6 heteroatoms. The fourth-order valence-electron chi connectivity index (χ4n) is 2.54. The molecule has 0 radical (unpaired) electrons. The van der Waals surface area contributed by atoms with E-state index in [4.69, 9.17) is 5.11 Å². The van der Waals surface area contributed by atoms with Crippen LogP contribution >= 0.6 is 0 Å².